The third-order valence-corrected chi connectivity index (χ3v) is 3.19. The van der Waals surface area contributed by atoms with Crippen molar-refractivity contribution in [3.63, 3.8) is 0 Å². The van der Waals surface area contributed by atoms with Gasteiger partial charge in [-0.15, -0.1) is 3.89 Å². The van der Waals surface area contributed by atoms with Gasteiger partial charge in [0, 0.05) is 5.69 Å². The number of fused-ring (bicyclic) bond motifs is 1. The molecule has 0 saturated heterocycles. The Hall–Kier alpha value is -0.450. The highest BCUT2D eigenvalue weighted by Crippen LogP contribution is 2.29. The van der Waals surface area contributed by atoms with Gasteiger partial charge in [0.25, 0.3) is 0 Å². The maximum Gasteiger partial charge on any atom is 0.170 e. The molecule has 0 unspecified atom stereocenters. The van der Waals surface area contributed by atoms with Gasteiger partial charge in [0.2, 0.25) is 0 Å². The number of aryl methyl sites for hydroxylation is 1. The molecule has 0 atom stereocenters. The largest absolute Gasteiger partial charge is 0.259 e. The number of aromatic nitrogens is 2. The summed E-state index contributed by atoms with van der Waals surface area (Å²) >= 11 is 11.6. The van der Waals surface area contributed by atoms with E-state index < -0.39 is 0 Å². The van der Waals surface area contributed by atoms with E-state index in [2.05, 4.69) is 4.98 Å². The van der Waals surface area contributed by atoms with E-state index in [1.54, 1.807) is 19.1 Å². The minimum atomic E-state index is 0.121. The molecule has 0 aliphatic carbocycles. The molecule has 2 nitrogen and oxygen atoms in total. The summed E-state index contributed by atoms with van der Waals surface area (Å²) in [7, 11) is 0. The van der Waals surface area contributed by atoms with Crippen molar-refractivity contribution in [2.45, 2.75) is 6.92 Å². The minimum Gasteiger partial charge on any atom is -0.259 e. The van der Waals surface area contributed by atoms with Gasteiger partial charge < -0.3 is 0 Å². The molecular formula is C8H5Cl2FN2S. The lowest BCUT2D eigenvalue weighted by Gasteiger charge is -1.99. The fourth-order valence-electron chi connectivity index (χ4n) is 1.28. The molecule has 6 heteroatoms. The van der Waals surface area contributed by atoms with Crippen LogP contribution in [0.25, 0.3) is 11.0 Å². The Morgan fingerprint density at radius 3 is 2.79 bits per heavy atom. The standard InChI is InChI=1S/C8H5Cl2FN2S/c1-4-2-6-7(13(4)14-11)3-5(9)8(10)12-6/h2-3H,1H3. The zero-order chi connectivity index (χ0) is 10.3. The molecule has 0 aromatic carbocycles. The summed E-state index contributed by atoms with van der Waals surface area (Å²) in [5, 5.41) is 0.563. The summed E-state index contributed by atoms with van der Waals surface area (Å²) in [6.45, 7) is 1.79. The average molecular weight is 251 g/mol. The third-order valence-electron chi connectivity index (χ3n) is 1.90. The number of nitrogens with zero attached hydrogens (tertiary/aromatic N) is 2. The van der Waals surface area contributed by atoms with Crippen LogP contribution >= 0.6 is 35.5 Å². The molecule has 2 rings (SSSR count). The highest BCUT2D eigenvalue weighted by Gasteiger charge is 2.10. The minimum absolute atomic E-state index is 0.121. The lowest BCUT2D eigenvalue weighted by molar-refractivity contribution is 0.916. The zero-order valence-electron chi connectivity index (χ0n) is 7.09. The Labute approximate surface area is 94.4 Å². The second-order valence-corrected chi connectivity index (χ2v) is 4.08. The molecule has 0 bridgehead atoms. The summed E-state index contributed by atoms with van der Waals surface area (Å²) in [5.41, 5.74) is 2.03. The SMILES string of the molecule is Cc1cc2nc(Cl)c(Cl)cc2n1SF. The van der Waals surface area contributed by atoms with Crippen molar-refractivity contribution in [2.24, 2.45) is 0 Å². The Morgan fingerprint density at radius 1 is 1.43 bits per heavy atom. The van der Waals surface area contributed by atoms with Crippen LogP contribution in [0.3, 0.4) is 0 Å². The van der Waals surface area contributed by atoms with Crippen molar-refractivity contribution in [3.8, 4) is 0 Å². The molecule has 0 saturated carbocycles. The molecule has 74 valence electrons. The monoisotopic (exact) mass is 250 g/mol. The van der Waals surface area contributed by atoms with Crippen molar-refractivity contribution < 1.29 is 3.89 Å². The van der Waals surface area contributed by atoms with Crippen molar-refractivity contribution in [2.75, 3.05) is 0 Å². The Balaban J connectivity index is 2.82. The van der Waals surface area contributed by atoms with Gasteiger partial charge in [-0.3, -0.25) is 3.97 Å². The van der Waals surface area contributed by atoms with Gasteiger partial charge in [0.05, 0.1) is 16.1 Å². The summed E-state index contributed by atoms with van der Waals surface area (Å²) in [5.74, 6) is 0. The van der Waals surface area contributed by atoms with Crippen LogP contribution in [0.15, 0.2) is 12.1 Å². The second kappa shape index (κ2) is 3.61. The average Bonchev–Trinajstić information content (AvgIpc) is 2.42. The molecule has 2 heterocycles. The first kappa shape index (κ1) is 10.1. The predicted octanol–water partition coefficient (Wildman–Crippen LogP) is 4.03. The lowest BCUT2D eigenvalue weighted by atomic mass is 10.4. The first-order valence-electron chi connectivity index (χ1n) is 3.76. The summed E-state index contributed by atoms with van der Waals surface area (Å²) < 4.78 is 14.0. The number of rotatable bonds is 1. The van der Waals surface area contributed by atoms with Crippen LogP contribution in [-0.2, 0) is 0 Å². The maximum atomic E-state index is 12.6. The van der Waals surface area contributed by atoms with E-state index in [1.165, 1.54) is 3.97 Å². The fraction of sp³-hybridized carbons (Fsp3) is 0.125. The summed E-state index contributed by atoms with van der Waals surface area (Å²) in [6, 6.07) is 3.36. The molecule has 0 amide bonds. The molecule has 0 aliphatic heterocycles. The highest BCUT2D eigenvalue weighted by atomic mass is 35.5. The molecule has 0 aliphatic rings. The van der Waals surface area contributed by atoms with Crippen LogP contribution in [0.5, 0.6) is 0 Å². The van der Waals surface area contributed by atoms with E-state index in [0.29, 0.717) is 16.1 Å². The van der Waals surface area contributed by atoms with Crippen LogP contribution in [-0.4, -0.2) is 8.96 Å². The molecule has 2 aromatic heterocycles. The molecule has 0 radical (unpaired) electrons. The molecular weight excluding hydrogens is 246 g/mol. The third kappa shape index (κ3) is 1.47. The van der Waals surface area contributed by atoms with Gasteiger partial charge >= 0.3 is 0 Å². The normalized spacial score (nSPS) is 11.1. The molecule has 0 N–H and O–H groups in total. The second-order valence-electron chi connectivity index (χ2n) is 2.81. The van der Waals surface area contributed by atoms with Crippen LogP contribution in [0, 0.1) is 6.92 Å². The van der Waals surface area contributed by atoms with Crippen molar-refractivity contribution in [1.82, 2.24) is 8.96 Å². The zero-order valence-corrected chi connectivity index (χ0v) is 9.42. The number of hydrogen-bond acceptors (Lipinski definition) is 2. The van der Waals surface area contributed by atoms with E-state index >= 15 is 0 Å². The van der Waals surface area contributed by atoms with Crippen molar-refractivity contribution >= 4 is 46.6 Å². The lowest BCUT2D eigenvalue weighted by Crippen LogP contribution is -1.86. The van der Waals surface area contributed by atoms with Crippen LogP contribution in [0.4, 0.5) is 3.89 Å². The van der Waals surface area contributed by atoms with Gasteiger partial charge in [-0.2, -0.15) is 0 Å². The topological polar surface area (TPSA) is 17.8 Å². The predicted molar refractivity (Wildman–Crippen MR) is 58.6 cm³/mol. The number of hydrogen-bond donors (Lipinski definition) is 0. The van der Waals surface area contributed by atoms with E-state index in [-0.39, 0.29) is 17.5 Å². The first-order chi connectivity index (χ1) is 6.63. The smallest absolute Gasteiger partial charge is 0.170 e. The van der Waals surface area contributed by atoms with E-state index in [9.17, 15) is 3.89 Å². The van der Waals surface area contributed by atoms with Crippen LogP contribution in [0.2, 0.25) is 10.2 Å². The van der Waals surface area contributed by atoms with E-state index in [4.69, 9.17) is 23.2 Å². The molecule has 14 heavy (non-hydrogen) atoms. The fourth-order valence-corrected chi connectivity index (χ4v) is 1.95. The number of halogens is 3. The molecule has 0 fully saturated rings. The first-order valence-corrected chi connectivity index (χ1v) is 5.19. The highest BCUT2D eigenvalue weighted by molar-refractivity contribution is 7.93. The quantitative estimate of drug-likeness (QED) is 0.712. The number of pyridine rings is 1. The molecule has 0 spiro atoms. The van der Waals surface area contributed by atoms with Gasteiger partial charge in [0.15, 0.2) is 12.3 Å². The summed E-state index contributed by atoms with van der Waals surface area (Å²) in [6.07, 6.45) is 0. The molecule has 2 aromatic rings. The van der Waals surface area contributed by atoms with Gasteiger partial charge in [-0.1, -0.05) is 23.2 Å². The van der Waals surface area contributed by atoms with Gasteiger partial charge in [-0.05, 0) is 19.1 Å². The van der Waals surface area contributed by atoms with Crippen molar-refractivity contribution in [1.29, 1.82) is 0 Å². The van der Waals surface area contributed by atoms with Crippen LogP contribution in [0.1, 0.15) is 5.69 Å². The Bertz CT molecular complexity index is 498. The maximum absolute atomic E-state index is 12.6. The van der Waals surface area contributed by atoms with Crippen molar-refractivity contribution in [3.05, 3.63) is 28.0 Å². The van der Waals surface area contributed by atoms with E-state index in [0.717, 1.165) is 5.69 Å². The summed E-state index contributed by atoms with van der Waals surface area (Å²) in [4.78, 5) is 4.04. The Kier molecular flexibility index (Phi) is 2.60. The van der Waals surface area contributed by atoms with Gasteiger partial charge in [0.1, 0.15) is 5.15 Å². The van der Waals surface area contributed by atoms with Crippen LogP contribution < -0.4 is 0 Å². The van der Waals surface area contributed by atoms with E-state index in [1.807, 2.05) is 0 Å². The van der Waals surface area contributed by atoms with Gasteiger partial charge in [-0.25, -0.2) is 4.98 Å². The Morgan fingerprint density at radius 2 is 2.14 bits per heavy atom.